The van der Waals surface area contributed by atoms with E-state index in [0.29, 0.717) is 26.2 Å². The van der Waals surface area contributed by atoms with Crippen molar-refractivity contribution in [2.24, 2.45) is 0 Å². The number of benzene rings is 1. The molecular formula is C16H21N2NaO4. The number of carbonyl (C=O) groups excluding carboxylic acids is 2. The zero-order valence-electron chi connectivity index (χ0n) is 14.2. The van der Waals surface area contributed by atoms with Crippen LogP contribution in [-0.4, -0.2) is 48.7 Å². The van der Waals surface area contributed by atoms with Gasteiger partial charge in [-0.1, -0.05) is 12.1 Å². The van der Waals surface area contributed by atoms with Crippen LogP contribution in [0.2, 0.25) is 0 Å². The minimum Gasteiger partial charge on any atom is -0.545 e. The summed E-state index contributed by atoms with van der Waals surface area (Å²) in [5.41, 5.74) is 0.611. The summed E-state index contributed by atoms with van der Waals surface area (Å²) in [6.07, 6.45) is -0.292. The number of carboxylic acid groups (broad SMARTS) is 1. The van der Waals surface area contributed by atoms with Crippen LogP contribution < -0.4 is 39.6 Å². The van der Waals surface area contributed by atoms with Gasteiger partial charge in [-0.2, -0.15) is 0 Å². The Morgan fingerprint density at radius 2 is 1.57 bits per heavy atom. The quantitative estimate of drug-likeness (QED) is 0.594. The number of aromatic carboxylic acids is 1. The molecule has 120 valence electrons. The van der Waals surface area contributed by atoms with Crippen molar-refractivity contribution in [3.8, 4) is 0 Å². The third kappa shape index (κ3) is 5.71. The van der Waals surface area contributed by atoms with Gasteiger partial charge in [0.1, 0.15) is 5.60 Å². The molecule has 0 saturated carbocycles. The fourth-order valence-electron chi connectivity index (χ4n) is 2.28. The van der Waals surface area contributed by atoms with Gasteiger partial charge in [-0.25, -0.2) is 4.79 Å². The average Bonchev–Trinajstić information content (AvgIpc) is 2.46. The van der Waals surface area contributed by atoms with Crippen LogP contribution in [0.15, 0.2) is 24.3 Å². The maximum absolute atomic E-state index is 12.0. The number of carboxylic acids is 1. The van der Waals surface area contributed by atoms with Gasteiger partial charge in [0.05, 0.1) is 5.97 Å². The molecule has 1 aromatic carbocycles. The minimum atomic E-state index is -1.18. The first-order valence-corrected chi connectivity index (χ1v) is 7.30. The van der Waals surface area contributed by atoms with E-state index in [1.165, 1.54) is 12.1 Å². The Labute approximate surface area is 158 Å². The summed E-state index contributed by atoms with van der Waals surface area (Å²) in [4.78, 5) is 26.5. The Hall–Kier alpha value is -1.24. The van der Waals surface area contributed by atoms with Gasteiger partial charge in [-0.15, -0.1) is 0 Å². The summed E-state index contributed by atoms with van der Waals surface area (Å²) in [6, 6.07) is 6.58. The number of ether oxygens (including phenoxy) is 1. The van der Waals surface area contributed by atoms with Crippen LogP contribution in [0.1, 0.15) is 31.1 Å². The largest absolute Gasteiger partial charge is 1.00 e. The van der Waals surface area contributed by atoms with E-state index in [0.717, 1.165) is 5.69 Å². The average molecular weight is 328 g/mol. The SMILES string of the molecule is CC(C)(C)OC(=O)N1CCN(c2ccc(C(=O)[O-])cc2)CC1.[Na+]. The van der Waals surface area contributed by atoms with E-state index in [1.807, 2.05) is 20.8 Å². The Kier molecular flexibility index (Phi) is 6.92. The normalized spacial score (nSPS) is 14.9. The zero-order valence-corrected chi connectivity index (χ0v) is 16.2. The topological polar surface area (TPSA) is 72.9 Å². The summed E-state index contributed by atoms with van der Waals surface area (Å²) in [5.74, 6) is -1.18. The molecule has 0 spiro atoms. The molecule has 1 fully saturated rings. The minimum absolute atomic E-state index is 0. The molecule has 0 aromatic heterocycles. The van der Waals surface area contributed by atoms with E-state index in [2.05, 4.69) is 4.90 Å². The molecule has 0 radical (unpaired) electrons. The molecule has 0 N–H and O–H groups in total. The molecule has 2 rings (SSSR count). The second-order valence-corrected chi connectivity index (χ2v) is 6.29. The Bertz CT molecular complexity index is 546. The summed E-state index contributed by atoms with van der Waals surface area (Å²) < 4.78 is 5.36. The van der Waals surface area contributed by atoms with Crippen molar-refractivity contribution in [3.05, 3.63) is 29.8 Å². The van der Waals surface area contributed by atoms with Crippen LogP contribution in [-0.2, 0) is 4.74 Å². The van der Waals surface area contributed by atoms with Gasteiger partial charge in [-0.05, 0) is 38.5 Å². The number of hydrogen-bond donors (Lipinski definition) is 0. The van der Waals surface area contributed by atoms with Crippen LogP contribution in [0, 0.1) is 0 Å². The second kappa shape index (κ2) is 8.04. The number of amides is 1. The van der Waals surface area contributed by atoms with Gasteiger partial charge in [0, 0.05) is 31.9 Å². The third-order valence-corrected chi connectivity index (χ3v) is 3.40. The molecule has 1 aliphatic rings. The summed E-state index contributed by atoms with van der Waals surface area (Å²) in [5, 5.41) is 10.7. The zero-order chi connectivity index (χ0) is 16.3. The molecular weight excluding hydrogens is 307 g/mol. The van der Waals surface area contributed by atoms with Crippen molar-refractivity contribution in [2.45, 2.75) is 26.4 Å². The second-order valence-electron chi connectivity index (χ2n) is 6.29. The molecule has 1 amide bonds. The standard InChI is InChI=1S/C16H22N2O4.Na/c1-16(2,3)22-15(21)18-10-8-17(9-11-18)13-6-4-12(5-7-13)14(19)20;/h4-7H,8-11H2,1-3H3,(H,19,20);/q;+1/p-1. The molecule has 0 aliphatic carbocycles. The van der Waals surface area contributed by atoms with Crippen molar-refractivity contribution in [3.63, 3.8) is 0 Å². The van der Waals surface area contributed by atoms with Gasteiger partial charge >= 0.3 is 35.7 Å². The van der Waals surface area contributed by atoms with Gasteiger partial charge in [0.2, 0.25) is 0 Å². The molecule has 7 heteroatoms. The smallest absolute Gasteiger partial charge is 0.545 e. The fraction of sp³-hybridized carbons (Fsp3) is 0.500. The first-order valence-electron chi connectivity index (χ1n) is 7.30. The van der Waals surface area contributed by atoms with Crippen LogP contribution in [0.5, 0.6) is 0 Å². The van der Waals surface area contributed by atoms with Crippen molar-refractivity contribution in [2.75, 3.05) is 31.1 Å². The number of rotatable bonds is 2. The number of piperazine rings is 1. The Balaban J connectivity index is 0.00000264. The van der Waals surface area contributed by atoms with E-state index in [4.69, 9.17) is 4.74 Å². The van der Waals surface area contributed by atoms with Crippen LogP contribution in [0.25, 0.3) is 0 Å². The van der Waals surface area contributed by atoms with Crippen molar-refractivity contribution in [1.29, 1.82) is 0 Å². The molecule has 1 saturated heterocycles. The number of anilines is 1. The molecule has 1 aliphatic heterocycles. The van der Waals surface area contributed by atoms with Crippen molar-refractivity contribution in [1.82, 2.24) is 4.90 Å². The molecule has 23 heavy (non-hydrogen) atoms. The monoisotopic (exact) mass is 328 g/mol. The molecule has 1 heterocycles. The maximum Gasteiger partial charge on any atom is 1.00 e. The van der Waals surface area contributed by atoms with Gasteiger partial charge in [-0.3, -0.25) is 0 Å². The summed E-state index contributed by atoms with van der Waals surface area (Å²) in [7, 11) is 0. The van der Waals surface area contributed by atoms with Gasteiger partial charge in [0.15, 0.2) is 0 Å². The van der Waals surface area contributed by atoms with E-state index in [9.17, 15) is 14.7 Å². The van der Waals surface area contributed by atoms with E-state index < -0.39 is 11.6 Å². The maximum atomic E-state index is 12.0. The predicted molar refractivity (Wildman–Crippen MR) is 80.8 cm³/mol. The van der Waals surface area contributed by atoms with Crippen LogP contribution in [0.3, 0.4) is 0 Å². The fourth-order valence-corrected chi connectivity index (χ4v) is 2.28. The molecule has 1 aromatic rings. The summed E-state index contributed by atoms with van der Waals surface area (Å²) in [6.45, 7) is 8.07. The number of carbonyl (C=O) groups is 2. The molecule has 6 nitrogen and oxygen atoms in total. The Morgan fingerprint density at radius 1 is 1.04 bits per heavy atom. The summed E-state index contributed by atoms with van der Waals surface area (Å²) >= 11 is 0. The van der Waals surface area contributed by atoms with Gasteiger partial charge in [0.25, 0.3) is 0 Å². The number of nitrogens with zero attached hydrogens (tertiary/aromatic N) is 2. The molecule has 0 unspecified atom stereocenters. The van der Waals surface area contributed by atoms with E-state index in [-0.39, 0.29) is 41.2 Å². The van der Waals surface area contributed by atoms with Gasteiger partial charge < -0.3 is 24.4 Å². The third-order valence-electron chi connectivity index (χ3n) is 3.40. The first kappa shape index (κ1) is 19.8. The predicted octanol–water partition coefficient (Wildman–Crippen LogP) is -1.89. The van der Waals surface area contributed by atoms with E-state index >= 15 is 0 Å². The Morgan fingerprint density at radius 3 is 2.00 bits per heavy atom. The van der Waals surface area contributed by atoms with Crippen LogP contribution in [0.4, 0.5) is 10.5 Å². The van der Waals surface area contributed by atoms with Crippen molar-refractivity contribution < 1.29 is 49.0 Å². The van der Waals surface area contributed by atoms with Crippen LogP contribution >= 0.6 is 0 Å². The number of hydrogen-bond acceptors (Lipinski definition) is 5. The van der Waals surface area contributed by atoms with E-state index in [1.54, 1.807) is 17.0 Å². The molecule has 0 atom stereocenters. The molecule has 0 bridgehead atoms. The van der Waals surface area contributed by atoms with Crippen molar-refractivity contribution >= 4 is 17.7 Å². The first-order chi connectivity index (χ1) is 10.3.